The Morgan fingerprint density at radius 1 is 1.50 bits per heavy atom. The second-order valence-electron chi connectivity index (χ2n) is 5.41. The zero-order valence-corrected chi connectivity index (χ0v) is 10.5. The summed E-state index contributed by atoms with van der Waals surface area (Å²) in [5, 5.41) is 3.34. The van der Waals surface area contributed by atoms with Gasteiger partial charge in [-0.1, -0.05) is 33.1 Å². The van der Waals surface area contributed by atoms with Crippen LogP contribution in [0.15, 0.2) is 0 Å². The van der Waals surface area contributed by atoms with Gasteiger partial charge in [0.15, 0.2) is 0 Å². The Bertz CT molecular complexity index is 250. The van der Waals surface area contributed by atoms with Crippen molar-refractivity contribution >= 4 is 5.91 Å². The number of rotatable bonds is 6. The third kappa shape index (κ3) is 2.76. The van der Waals surface area contributed by atoms with Crippen LogP contribution in [0.5, 0.6) is 0 Å². The molecule has 3 heteroatoms. The number of carbonyl (C=O) groups is 1. The summed E-state index contributed by atoms with van der Waals surface area (Å²) in [6, 6.07) is 0.0749. The third-order valence-electron chi connectivity index (χ3n) is 4.03. The summed E-state index contributed by atoms with van der Waals surface area (Å²) in [6.45, 7) is 6.02. The van der Waals surface area contributed by atoms with Gasteiger partial charge in [-0.3, -0.25) is 10.1 Å². The highest BCUT2D eigenvalue weighted by molar-refractivity contribution is 5.84. The molecule has 0 bridgehead atoms. The van der Waals surface area contributed by atoms with E-state index in [0.717, 1.165) is 25.6 Å². The maximum absolute atomic E-state index is 12.1. The molecular weight excluding hydrogens is 200 g/mol. The first kappa shape index (κ1) is 11.9. The molecule has 1 heterocycles. The number of hydrogen-bond donors (Lipinski definition) is 1. The molecule has 1 saturated carbocycles. The minimum absolute atomic E-state index is 0.0749. The third-order valence-corrected chi connectivity index (χ3v) is 4.03. The van der Waals surface area contributed by atoms with E-state index in [4.69, 9.17) is 0 Å². The van der Waals surface area contributed by atoms with Crippen molar-refractivity contribution in [3.05, 3.63) is 0 Å². The van der Waals surface area contributed by atoms with Crippen LogP contribution in [0.1, 0.15) is 46.0 Å². The molecule has 2 atom stereocenters. The van der Waals surface area contributed by atoms with E-state index in [1.807, 2.05) is 4.90 Å². The van der Waals surface area contributed by atoms with Crippen molar-refractivity contribution in [2.45, 2.75) is 52.0 Å². The summed E-state index contributed by atoms with van der Waals surface area (Å²) in [6.07, 6.45) is 6.41. The summed E-state index contributed by atoms with van der Waals surface area (Å²) in [7, 11) is 0. The number of nitrogens with one attached hydrogen (secondary N) is 1. The van der Waals surface area contributed by atoms with Gasteiger partial charge in [-0.15, -0.1) is 0 Å². The van der Waals surface area contributed by atoms with Gasteiger partial charge in [0.25, 0.3) is 0 Å². The first-order valence-corrected chi connectivity index (χ1v) is 6.74. The predicted octanol–water partition coefficient (Wildman–Crippen LogP) is 1.98. The van der Waals surface area contributed by atoms with Gasteiger partial charge in [0.1, 0.15) is 0 Å². The highest BCUT2D eigenvalue weighted by Crippen LogP contribution is 2.33. The molecule has 2 unspecified atom stereocenters. The second-order valence-corrected chi connectivity index (χ2v) is 5.41. The standard InChI is InChI=1S/C13H24N2O/c1-3-10(2)12-13(16)15(9-14-12)8-4-5-11-6-7-11/h10-12,14H,3-9H2,1-2H3. The number of hydrogen-bond acceptors (Lipinski definition) is 2. The Morgan fingerprint density at radius 2 is 2.25 bits per heavy atom. The first-order valence-electron chi connectivity index (χ1n) is 6.74. The molecule has 1 aliphatic heterocycles. The van der Waals surface area contributed by atoms with Crippen LogP contribution in [0.25, 0.3) is 0 Å². The van der Waals surface area contributed by atoms with Crippen molar-refractivity contribution in [2.75, 3.05) is 13.2 Å². The van der Waals surface area contributed by atoms with Gasteiger partial charge < -0.3 is 4.90 Å². The number of amides is 1. The van der Waals surface area contributed by atoms with Crippen LogP contribution < -0.4 is 5.32 Å². The quantitative estimate of drug-likeness (QED) is 0.748. The summed E-state index contributed by atoms with van der Waals surface area (Å²) in [5.74, 6) is 1.77. The maximum atomic E-state index is 12.1. The van der Waals surface area contributed by atoms with Crippen LogP contribution in [0.2, 0.25) is 0 Å². The Balaban J connectivity index is 1.72. The van der Waals surface area contributed by atoms with Crippen LogP contribution in [0.4, 0.5) is 0 Å². The lowest BCUT2D eigenvalue weighted by molar-refractivity contribution is -0.129. The average molecular weight is 224 g/mol. The zero-order chi connectivity index (χ0) is 11.5. The van der Waals surface area contributed by atoms with Gasteiger partial charge in [-0.2, -0.15) is 0 Å². The van der Waals surface area contributed by atoms with E-state index in [-0.39, 0.29) is 6.04 Å². The molecule has 2 fully saturated rings. The smallest absolute Gasteiger partial charge is 0.241 e. The molecule has 1 N–H and O–H groups in total. The number of nitrogens with zero attached hydrogens (tertiary/aromatic N) is 1. The summed E-state index contributed by atoms with van der Waals surface area (Å²) in [4.78, 5) is 14.1. The fraction of sp³-hybridized carbons (Fsp3) is 0.923. The topological polar surface area (TPSA) is 32.3 Å². The first-order chi connectivity index (χ1) is 7.72. The molecule has 3 nitrogen and oxygen atoms in total. The minimum Gasteiger partial charge on any atom is -0.329 e. The fourth-order valence-electron chi connectivity index (χ4n) is 2.42. The molecule has 0 aromatic carbocycles. The van der Waals surface area contributed by atoms with Crippen LogP contribution in [-0.2, 0) is 4.79 Å². The van der Waals surface area contributed by atoms with Crippen LogP contribution >= 0.6 is 0 Å². The Labute approximate surface area is 98.6 Å². The lowest BCUT2D eigenvalue weighted by atomic mass is 9.99. The average Bonchev–Trinajstić information content (AvgIpc) is 3.03. The van der Waals surface area contributed by atoms with E-state index < -0.39 is 0 Å². The Hall–Kier alpha value is -0.570. The monoisotopic (exact) mass is 224 g/mol. The molecular formula is C13H24N2O. The molecule has 92 valence electrons. The highest BCUT2D eigenvalue weighted by Gasteiger charge is 2.33. The lowest BCUT2D eigenvalue weighted by Crippen LogP contribution is -2.35. The molecule has 0 aromatic rings. The van der Waals surface area contributed by atoms with E-state index >= 15 is 0 Å². The summed E-state index contributed by atoms with van der Waals surface area (Å²) >= 11 is 0. The molecule has 0 radical (unpaired) electrons. The van der Waals surface area contributed by atoms with Crippen LogP contribution in [0, 0.1) is 11.8 Å². The normalized spacial score (nSPS) is 27.5. The minimum atomic E-state index is 0.0749. The molecule has 2 aliphatic rings. The molecule has 0 spiro atoms. The van der Waals surface area contributed by atoms with Crippen molar-refractivity contribution in [1.29, 1.82) is 0 Å². The molecule has 16 heavy (non-hydrogen) atoms. The van der Waals surface area contributed by atoms with Gasteiger partial charge in [0.05, 0.1) is 12.7 Å². The molecule has 1 aliphatic carbocycles. The predicted molar refractivity (Wildman–Crippen MR) is 64.9 cm³/mol. The maximum Gasteiger partial charge on any atom is 0.241 e. The fourth-order valence-corrected chi connectivity index (χ4v) is 2.42. The van der Waals surface area contributed by atoms with E-state index in [9.17, 15) is 4.79 Å². The molecule has 0 aromatic heterocycles. The molecule has 1 amide bonds. The second kappa shape index (κ2) is 5.17. The van der Waals surface area contributed by atoms with E-state index in [1.165, 1.54) is 25.7 Å². The largest absolute Gasteiger partial charge is 0.329 e. The van der Waals surface area contributed by atoms with Crippen LogP contribution in [0.3, 0.4) is 0 Å². The zero-order valence-electron chi connectivity index (χ0n) is 10.5. The van der Waals surface area contributed by atoms with Crippen LogP contribution in [-0.4, -0.2) is 30.1 Å². The van der Waals surface area contributed by atoms with Crippen molar-refractivity contribution in [3.63, 3.8) is 0 Å². The van der Waals surface area contributed by atoms with Gasteiger partial charge in [0.2, 0.25) is 5.91 Å². The Kier molecular flexibility index (Phi) is 3.85. The molecule has 2 rings (SSSR count). The van der Waals surface area contributed by atoms with Gasteiger partial charge in [-0.25, -0.2) is 0 Å². The van der Waals surface area contributed by atoms with Crippen molar-refractivity contribution in [1.82, 2.24) is 10.2 Å². The number of carbonyl (C=O) groups excluding carboxylic acids is 1. The SMILES string of the molecule is CCC(C)C1NCN(CCCC2CC2)C1=O. The van der Waals surface area contributed by atoms with E-state index in [0.29, 0.717) is 11.8 Å². The van der Waals surface area contributed by atoms with Gasteiger partial charge >= 0.3 is 0 Å². The van der Waals surface area contributed by atoms with E-state index in [2.05, 4.69) is 19.2 Å². The van der Waals surface area contributed by atoms with Crippen molar-refractivity contribution in [2.24, 2.45) is 11.8 Å². The Morgan fingerprint density at radius 3 is 2.88 bits per heavy atom. The van der Waals surface area contributed by atoms with E-state index in [1.54, 1.807) is 0 Å². The summed E-state index contributed by atoms with van der Waals surface area (Å²) in [5.41, 5.74) is 0. The van der Waals surface area contributed by atoms with Crippen molar-refractivity contribution < 1.29 is 4.79 Å². The summed E-state index contributed by atoms with van der Waals surface area (Å²) < 4.78 is 0. The highest BCUT2D eigenvalue weighted by atomic mass is 16.2. The van der Waals surface area contributed by atoms with Gasteiger partial charge in [0, 0.05) is 6.54 Å². The lowest BCUT2D eigenvalue weighted by Gasteiger charge is -2.17. The molecule has 1 saturated heterocycles. The van der Waals surface area contributed by atoms with Gasteiger partial charge in [-0.05, 0) is 24.7 Å². The van der Waals surface area contributed by atoms with Crippen molar-refractivity contribution in [3.8, 4) is 0 Å².